The normalized spacial score (nSPS) is 18.3. The summed E-state index contributed by atoms with van der Waals surface area (Å²) in [4.78, 5) is 12.4. The molecule has 1 N–H and O–H groups in total. The molecule has 0 saturated carbocycles. The van der Waals surface area contributed by atoms with Crippen LogP contribution >= 0.6 is 12.2 Å². The highest BCUT2D eigenvalue weighted by molar-refractivity contribution is 7.80. The number of hydrazone groups is 1. The molecular formula is C16H13N3OS. The van der Waals surface area contributed by atoms with Crippen molar-refractivity contribution in [1.29, 1.82) is 0 Å². The van der Waals surface area contributed by atoms with E-state index in [4.69, 9.17) is 12.2 Å². The fraction of sp³-hybridized carbons (Fsp3) is 0.0625. The minimum absolute atomic E-state index is 0.168. The van der Waals surface area contributed by atoms with Crippen molar-refractivity contribution in [2.24, 2.45) is 5.10 Å². The maximum atomic E-state index is 12.4. The van der Waals surface area contributed by atoms with E-state index in [2.05, 4.69) is 10.4 Å². The molecule has 0 aromatic heterocycles. The van der Waals surface area contributed by atoms with Crippen LogP contribution in [0.25, 0.3) is 0 Å². The Bertz CT molecular complexity index is 685. The molecular weight excluding hydrogens is 282 g/mol. The minimum atomic E-state index is -0.466. The molecule has 0 bridgehead atoms. The first-order valence-corrected chi connectivity index (χ1v) is 6.95. The zero-order valence-electron chi connectivity index (χ0n) is 11.1. The number of thiocarbonyl (C=S) groups is 1. The Morgan fingerprint density at radius 3 is 2.33 bits per heavy atom. The summed E-state index contributed by atoms with van der Waals surface area (Å²) in [5.74, 6) is -0.168. The largest absolute Gasteiger partial charge is 0.345 e. The highest BCUT2D eigenvalue weighted by atomic mass is 32.1. The third-order valence-corrected chi connectivity index (χ3v) is 3.46. The molecule has 0 spiro atoms. The van der Waals surface area contributed by atoms with Crippen molar-refractivity contribution < 1.29 is 4.79 Å². The van der Waals surface area contributed by atoms with Gasteiger partial charge in [-0.25, -0.2) is 0 Å². The van der Waals surface area contributed by atoms with E-state index in [9.17, 15) is 4.79 Å². The van der Waals surface area contributed by atoms with E-state index in [0.29, 0.717) is 5.11 Å². The first kappa shape index (κ1) is 13.5. The Balaban J connectivity index is 1.80. The van der Waals surface area contributed by atoms with Crippen LogP contribution in [0.2, 0.25) is 0 Å². The topological polar surface area (TPSA) is 44.7 Å². The standard InChI is InChI=1S/C16H13N3OS/c20-15-14(13-9-5-2-6-10-13)18-16(21)19(15)17-11-12-7-3-1-4-8-12/h1-11,14H,(H,18,21)/b17-11+. The summed E-state index contributed by atoms with van der Waals surface area (Å²) in [5, 5.41) is 8.74. The van der Waals surface area contributed by atoms with Gasteiger partial charge in [0.25, 0.3) is 5.91 Å². The van der Waals surface area contributed by atoms with Crippen LogP contribution in [0.15, 0.2) is 65.8 Å². The number of carbonyl (C=O) groups excluding carboxylic acids is 1. The van der Waals surface area contributed by atoms with Gasteiger partial charge < -0.3 is 5.32 Å². The van der Waals surface area contributed by atoms with Crippen molar-refractivity contribution >= 4 is 29.5 Å². The molecule has 1 saturated heterocycles. The van der Waals surface area contributed by atoms with Gasteiger partial charge in [0.2, 0.25) is 0 Å². The van der Waals surface area contributed by atoms with E-state index >= 15 is 0 Å². The Morgan fingerprint density at radius 1 is 1.05 bits per heavy atom. The Labute approximate surface area is 128 Å². The lowest BCUT2D eigenvalue weighted by Crippen LogP contribution is -2.25. The fourth-order valence-electron chi connectivity index (χ4n) is 2.11. The maximum absolute atomic E-state index is 12.4. The number of amides is 1. The van der Waals surface area contributed by atoms with Gasteiger partial charge in [-0.2, -0.15) is 10.1 Å². The number of carbonyl (C=O) groups is 1. The third kappa shape index (κ3) is 2.83. The first-order valence-electron chi connectivity index (χ1n) is 6.54. The number of rotatable bonds is 3. The van der Waals surface area contributed by atoms with Crippen molar-refractivity contribution in [2.75, 3.05) is 0 Å². The minimum Gasteiger partial charge on any atom is -0.345 e. The van der Waals surface area contributed by atoms with Crippen molar-refractivity contribution in [2.45, 2.75) is 6.04 Å². The van der Waals surface area contributed by atoms with Crippen molar-refractivity contribution in [3.05, 3.63) is 71.8 Å². The Hall–Kier alpha value is -2.53. The van der Waals surface area contributed by atoms with E-state index < -0.39 is 6.04 Å². The van der Waals surface area contributed by atoms with Crippen LogP contribution in [0.3, 0.4) is 0 Å². The molecule has 2 aromatic rings. The monoisotopic (exact) mass is 295 g/mol. The summed E-state index contributed by atoms with van der Waals surface area (Å²) in [5.41, 5.74) is 1.79. The zero-order valence-corrected chi connectivity index (χ0v) is 12.0. The highest BCUT2D eigenvalue weighted by Crippen LogP contribution is 2.21. The van der Waals surface area contributed by atoms with E-state index in [1.807, 2.05) is 60.7 Å². The summed E-state index contributed by atoms with van der Waals surface area (Å²) in [6.45, 7) is 0. The van der Waals surface area contributed by atoms with Gasteiger partial charge in [-0.15, -0.1) is 0 Å². The van der Waals surface area contributed by atoms with E-state index in [0.717, 1.165) is 11.1 Å². The molecule has 5 heteroatoms. The number of hydrogen-bond donors (Lipinski definition) is 1. The second-order valence-corrected chi connectivity index (χ2v) is 4.99. The zero-order chi connectivity index (χ0) is 14.7. The molecule has 1 unspecified atom stereocenters. The van der Waals surface area contributed by atoms with E-state index in [1.54, 1.807) is 6.21 Å². The third-order valence-electron chi connectivity index (χ3n) is 3.17. The molecule has 2 aromatic carbocycles. The fourth-order valence-corrected chi connectivity index (χ4v) is 2.37. The predicted octanol–water partition coefficient (Wildman–Crippen LogP) is 2.48. The van der Waals surface area contributed by atoms with Crippen LogP contribution in [-0.2, 0) is 4.79 Å². The van der Waals surface area contributed by atoms with Gasteiger partial charge in [0.1, 0.15) is 6.04 Å². The molecule has 104 valence electrons. The molecule has 1 aliphatic heterocycles. The lowest BCUT2D eigenvalue weighted by molar-refractivity contribution is -0.127. The van der Waals surface area contributed by atoms with E-state index in [1.165, 1.54) is 5.01 Å². The molecule has 1 atom stereocenters. The number of hydrogen-bond acceptors (Lipinski definition) is 3. The van der Waals surface area contributed by atoms with Crippen molar-refractivity contribution in [3.8, 4) is 0 Å². The van der Waals surface area contributed by atoms with Gasteiger partial charge in [0.15, 0.2) is 5.11 Å². The number of nitrogens with zero attached hydrogens (tertiary/aromatic N) is 2. The lowest BCUT2D eigenvalue weighted by atomic mass is 10.1. The molecule has 0 aliphatic carbocycles. The second kappa shape index (κ2) is 5.85. The predicted molar refractivity (Wildman–Crippen MR) is 85.8 cm³/mol. The molecule has 21 heavy (non-hydrogen) atoms. The van der Waals surface area contributed by atoms with Gasteiger partial charge in [-0.05, 0) is 23.3 Å². The van der Waals surface area contributed by atoms with Gasteiger partial charge in [0, 0.05) is 0 Å². The number of benzene rings is 2. The highest BCUT2D eigenvalue weighted by Gasteiger charge is 2.36. The smallest absolute Gasteiger partial charge is 0.276 e. The van der Waals surface area contributed by atoms with Crippen LogP contribution in [0.1, 0.15) is 17.2 Å². The van der Waals surface area contributed by atoms with Crippen LogP contribution in [0.4, 0.5) is 0 Å². The summed E-state index contributed by atoms with van der Waals surface area (Å²) in [7, 11) is 0. The van der Waals surface area contributed by atoms with Crippen molar-refractivity contribution in [3.63, 3.8) is 0 Å². The van der Waals surface area contributed by atoms with Crippen LogP contribution in [0.5, 0.6) is 0 Å². The van der Waals surface area contributed by atoms with E-state index in [-0.39, 0.29) is 5.91 Å². The quantitative estimate of drug-likeness (QED) is 0.699. The van der Waals surface area contributed by atoms with Gasteiger partial charge in [-0.3, -0.25) is 4.79 Å². The van der Waals surface area contributed by atoms with Crippen LogP contribution in [-0.4, -0.2) is 22.2 Å². The average Bonchev–Trinajstić information content (AvgIpc) is 2.82. The molecule has 1 heterocycles. The number of nitrogens with one attached hydrogen (secondary N) is 1. The van der Waals surface area contributed by atoms with Crippen LogP contribution in [0, 0.1) is 0 Å². The SMILES string of the molecule is O=C1C(c2ccccc2)NC(=S)N1/N=C/c1ccccc1. The Kier molecular flexibility index (Phi) is 3.75. The Morgan fingerprint density at radius 2 is 1.67 bits per heavy atom. The average molecular weight is 295 g/mol. The summed E-state index contributed by atoms with van der Waals surface area (Å²) < 4.78 is 0. The molecule has 1 aliphatic rings. The van der Waals surface area contributed by atoms with Crippen molar-refractivity contribution in [1.82, 2.24) is 10.3 Å². The molecule has 1 fully saturated rings. The lowest BCUT2D eigenvalue weighted by Gasteiger charge is -2.08. The van der Waals surface area contributed by atoms with Gasteiger partial charge >= 0.3 is 0 Å². The van der Waals surface area contributed by atoms with Crippen LogP contribution < -0.4 is 5.32 Å². The second-order valence-electron chi connectivity index (χ2n) is 4.60. The van der Waals surface area contributed by atoms with Gasteiger partial charge in [0.05, 0.1) is 6.21 Å². The molecule has 3 rings (SSSR count). The summed E-state index contributed by atoms with van der Waals surface area (Å²) in [6.07, 6.45) is 1.62. The molecule has 4 nitrogen and oxygen atoms in total. The summed E-state index contributed by atoms with van der Waals surface area (Å²) >= 11 is 5.19. The molecule has 1 amide bonds. The molecule has 0 radical (unpaired) electrons. The first-order chi connectivity index (χ1) is 10.3. The van der Waals surface area contributed by atoms with Gasteiger partial charge in [-0.1, -0.05) is 60.7 Å². The maximum Gasteiger partial charge on any atom is 0.276 e. The summed E-state index contributed by atoms with van der Waals surface area (Å²) in [6, 6.07) is 18.6.